The Labute approximate surface area is 131 Å². The highest BCUT2D eigenvalue weighted by atomic mass is 35.5. The summed E-state index contributed by atoms with van der Waals surface area (Å²) < 4.78 is 0. The monoisotopic (exact) mass is 319 g/mol. The van der Waals surface area contributed by atoms with Crippen LogP contribution in [0, 0.1) is 6.92 Å². The number of nitrogens with zero attached hydrogens (tertiary/aromatic N) is 1. The molecule has 21 heavy (non-hydrogen) atoms. The molecule has 6 heteroatoms. The third-order valence-electron chi connectivity index (χ3n) is 3.15. The van der Waals surface area contributed by atoms with Crippen molar-refractivity contribution in [3.05, 3.63) is 58.0 Å². The Morgan fingerprint density at radius 1 is 1.24 bits per heavy atom. The molecule has 0 saturated carbocycles. The van der Waals surface area contributed by atoms with E-state index in [-0.39, 0.29) is 11.1 Å². The first-order valence-electron chi connectivity index (χ1n) is 6.26. The number of hydrogen-bond donors (Lipinski definition) is 2. The fourth-order valence-corrected chi connectivity index (χ4v) is 2.70. The van der Waals surface area contributed by atoms with Crippen molar-refractivity contribution >= 4 is 45.7 Å². The number of fused-ring (bicyclic) bond motifs is 1. The van der Waals surface area contributed by atoms with Crippen molar-refractivity contribution in [1.82, 2.24) is 9.97 Å². The predicted molar refractivity (Wildman–Crippen MR) is 85.2 cm³/mol. The minimum Gasteiger partial charge on any atom is -0.351 e. The maximum absolute atomic E-state index is 12.3. The molecular weight excluding hydrogens is 309 g/mol. The first-order chi connectivity index (χ1) is 10.0. The molecule has 0 fully saturated rings. The number of rotatable bonds is 2. The van der Waals surface area contributed by atoms with E-state index >= 15 is 0 Å². The van der Waals surface area contributed by atoms with Crippen LogP contribution in [-0.2, 0) is 0 Å². The normalized spacial score (nSPS) is 10.8. The van der Waals surface area contributed by atoms with Crippen LogP contribution in [0.1, 0.15) is 16.1 Å². The number of nitrogens with one attached hydrogen (secondary N) is 2. The van der Waals surface area contributed by atoms with Crippen LogP contribution in [0.2, 0.25) is 10.3 Å². The van der Waals surface area contributed by atoms with Gasteiger partial charge in [0.1, 0.15) is 10.8 Å². The fraction of sp³-hybridized carbons (Fsp3) is 0.0667. The highest BCUT2D eigenvalue weighted by Crippen LogP contribution is 2.27. The molecule has 0 aliphatic rings. The molecule has 2 N–H and O–H groups in total. The molecule has 0 unspecified atom stereocenters. The summed E-state index contributed by atoms with van der Waals surface area (Å²) in [7, 11) is 0. The average molecular weight is 320 g/mol. The second-order valence-corrected chi connectivity index (χ2v) is 5.40. The van der Waals surface area contributed by atoms with Crippen molar-refractivity contribution in [3.63, 3.8) is 0 Å². The lowest BCUT2D eigenvalue weighted by molar-refractivity contribution is 0.102. The summed E-state index contributed by atoms with van der Waals surface area (Å²) in [5.41, 5.74) is 2.58. The third kappa shape index (κ3) is 2.73. The minimum absolute atomic E-state index is 0.171. The molecule has 0 aliphatic heterocycles. The van der Waals surface area contributed by atoms with Crippen molar-refractivity contribution in [2.45, 2.75) is 6.92 Å². The van der Waals surface area contributed by atoms with E-state index in [0.717, 1.165) is 16.5 Å². The first kappa shape index (κ1) is 13.9. The molecule has 2 heterocycles. The Hall–Kier alpha value is -2.04. The maximum atomic E-state index is 12.3. The predicted octanol–water partition coefficient (Wildman–Crippen LogP) is 4.43. The fourth-order valence-electron chi connectivity index (χ4n) is 2.12. The number of aromatic nitrogens is 2. The Bertz CT molecular complexity index is 786. The summed E-state index contributed by atoms with van der Waals surface area (Å²) in [5, 5.41) is 4.20. The van der Waals surface area contributed by atoms with Crippen LogP contribution >= 0.6 is 23.2 Å². The van der Waals surface area contributed by atoms with E-state index in [1.807, 2.05) is 24.3 Å². The number of carbonyl (C=O) groups is 1. The highest BCUT2D eigenvalue weighted by molar-refractivity contribution is 6.35. The van der Waals surface area contributed by atoms with E-state index in [0.29, 0.717) is 16.5 Å². The van der Waals surface area contributed by atoms with Gasteiger partial charge in [-0.2, -0.15) is 0 Å². The van der Waals surface area contributed by atoms with Crippen LogP contribution in [0.5, 0.6) is 0 Å². The number of aryl methyl sites for hydroxylation is 1. The molecule has 0 radical (unpaired) electrons. The molecule has 0 spiro atoms. The van der Waals surface area contributed by atoms with Crippen molar-refractivity contribution in [2.24, 2.45) is 0 Å². The van der Waals surface area contributed by atoms with Gasteiger partial charge in [-0.1, -0.05) is 41.4 Å². The Morgan fingerprint density at radius 2 is 2.00 bits per heavy atom. The number of carbonyl (C=O) groups excluding carboxylic acids is 1. The smallest absolute Gasteiger partial charge is 0.272 e. The number of para-hydroxylation sites is 1. The van der Waals surface area contributed by atoms with Crippen LogP contribution in [0.4, 0.5) is 5.69 Å². The van der Waals surface area contributed by atoms with E-state index < -0.39 is 0 Å². The molecule has 1 aromatic carbocycles. The summed E-state index contributed by atoms with van der Waals surface area (Å²) >= 11 is 11.8. The maximum Gasteiger partial charge on any atom is 0.272 e. The molecule has 0 aliphatic carbocycles. The zero-order chi connectivity index (χ0) is 15.0. The lowest BCUT2D eigenvalue weighted by Gasteiger charge is -2.09. The van der Waals surface area contributed by atoms with Gasteiger partial charge >= 0.3 is 0 Å². The van der Waals surface area contributed by atoms with Crippen molar-refractivity contribution in [1.29, 1.82) is 0 Å². The van der Waals surface area contributed by atoms with Gasteiger partial charge in [-0.3, -0.25) is 4.79 Å². The number of benzene rings is 1. The van der Waals surface area contributed by atoms with Crippen molar-refractivity contribution in [3.8, 4) is 0 Å². The van der Waals surface area contributed by atoms with Gasteiger partial charge < -0.3 is 10.3 Å². The largest absolute Gasteiger partial charge is 0.351 e. The van der Waals surface area contributed by atoms with Gasteiger partial charge in [-0.15, -0.1) is 0 Å². The molecule has 106 valence electrons. The van der Waals surface area contributed by atoms with E-state index in [9.17, 15) is 4.79 Å². The first-order valence-corrected chi connectivity index (χ1v) is 7.02. The lowest BCUT2D eigenvalue weighted by Crippen LogP contribution is -2.14. The minimum atomic E-state index is -0.277. The zero-order valence-electron chi connectivity index (χ0n) is 11.1. The quantitative estimate of drug-likeness (QED) is 0.686. The number of halogens is 2. The van der Waals surface area contributed by atoms with Crippen LogP contribution in [0.3, 0.4) is 0 Å². The topological polar surface area (TPSA) is 57.8 Å². The third-order valence-corrected chi connectivity index (χ3v) is 3.62. The summed E-state index contributed by atoms with van der Waals surface area (Å²) in [5.74, 6) is -0.277. The number of aromatic amines is 1. The summed E-state index contributed by atoms with van der Waals surface area (Å²) in [6, 6.07) is 11.1. The Morgan fingerprint density at radius 3 is 2.71 bits per heavy atom. The van der Waals surface area contributed by atoms with E-state index in [4.69, 9.17) is 23.2 Å². The molecule has 3 rings (SSSR count). The second kappa shape index (κ2) is 5.39. The zero-order valence-corrected chi connectivity index (χ0v) is 12.6. The van der Waals surface area contributed by atoms with E-state index in [2.05, 4.69) is 15.3 Å². The van der Waals surface area contributed by atoms with E-state index in [1.54, 1.807) is 19.1 Å². The molecule has 0 bridgehead atoms. The Kier molecular flexibility index (Phi) is 3.57. The molecule has 2 aromatic heterocycles. The molecular formula is C15H11Cl2N3O. The van der Waals surface area contributed by atoms with Gasteiger partial charge in [-0.25, -0.2) is 4.98 Å². The standard InChI is InChI=1S/C15H11Cl2N3O/c1-8-6-12(16)19-14(17)13(8)20-15(21)11-7-9-4-2-3-5-10(9)18-11/h2-7,18H,1H3,(H,20,21). The summed E-state index contributed by atoms with van der Waals surface area (Å²) in [6.45, 7) is 1.81. The Balaban J connectivity index is 1.93. The second-order valence-electron chi connectivity index (χ2n) is 4.65. The SMILES string of the molecule is Cc1cc(Cl)nc(Cl)c1NC(=O)c1cc2ccccc2[nH]1. The number of anilines is 1. The highest BCUT2D eigenvalue weighted by Gasteiger charge is 2.14. The number of hydrogen-bond acceptors (Lipinski definition) is 2. The van der Waals surface area contributed by atoms with Gasteiger partial charge in [0, 0.05) is 10.9 Å². The average Bonchev–Trinajstić information content (AvgIpc) is 2.86. The van der Waals surface area contributed by atoms with Crippen molar-refractivity contribution < 1.29 is 4.79 Å². The molecule has 0 atom stereocenters. The van der Waals surface area contributed by atoms with Gasteiger partial charge in [-0.05, 0) is 30.7 Å². The van der Waals surface area contributed by atoms with Gasteiger partial charge in [0.15, 0.2) is 5.15 Å². The summed E-state index contributed by atoms with van der Waals surface area (Å²) in [4.78, 5) is 19.3. The van der Waals surface area contributed by atoms with Gasteiger partial charge in [0.25, 0.3) is 5.91 Å². The number of amides is 1. The van der Waals surface area contributed by atoms with E-state index in [1.165, 1.54) is 0 Å². The number of H-pyrrole nitrogens is 1. The van der Waals surface area contributed by atoms with Crippen LogP contribution in [0.25, 0.3) is 10.9 Å². The molecule has 3 aromatic rings. The molecule has 1 amide bonds. The van der Waals surface area contributed by atoms with Gasteiger partial charge in [0.2, 0.25) is 0 Å². The van der Waals surface area contributed by atoms with Gasteiger partial charge in [0.05, 0.1) is 5.69 Å². The van der Waals surface area contributed by atoms with Crippen molar-refractivity contribution in [2.75, 3.05) is 5.32 Å². The van der Waals surface area contributed by atoms with Crippen LogP contribution < -0.4 is 5.32 Å². The van der Waals surface area contributed by atoms with Crippen LogP contribution in [0.15, 0.2) is 36.4 Å². The summed E-state index contributed by atoms with van der Waals surface area (Å²) in [6.07, 6.45) is 0. The van der Waals surface area contributed by atoms with Crippen LogP contribution in [-0.4, -0.2) is 15.9 Å². The molecule has 4 nitrogen and oxygen atoms in total. The number of pyridine rings is 1. The molecule has 0 saturated heterocycles. The lowest BCUT2D eigenvalue weighted by atomic mass is 10.2.